The van der Waals surface area contributed by atoms with Crippen LogP contribution in [0.15, 0.2) is 33.9 Å². The summed E-state index contributed by atoms with van der Waals surface area (Å²) < 4.78 is 20.8. The van der Waals surface area contributed by atoms with Gasteiger partial charge in [-0.05, 0) is 49.4 Å². The molecule has 31 heavy (non-hydrogen) atoms. The van der Waals surface area contributed by atoms with Crippen LogP contribution >= 0.6 is 0 Å². The lowest BCUT2D eigenvalue weighted by Gasteiger charge is -2.09. The Morgan fingerprint density at radius 3 is 2.71 bits per heavy atom. The monoisotopic (exact) mass is 424 g/mol. The largest absolute Gasteiger partial charge is 0.427 e. The summed E-state index contributed by atoms with van der Waals surface area (Å²) >= 11 is 0. The van der Waals surface area contributed by atoms with Gasteiger partial charge in [0.2, 0.25) is 0 Å². The SMILES string of the molecule is CCCn1c(=O)n(C2CC2)c(=O)c2[nH]c(C#CCCC(=O)Oc3ccc(F)cc3)nc21. The second-order valence-corrected chi connectivity index (χ2v) is 7.35. The number of rotatable bonds is 6. The van der Waals surface area contributed by atoms with Crippen molar-refractivity contribution in [3.05, 3.63) is 56.7 Å². The van der Waals surface area contributed by atoms with Crippen molar-refractivity contribution in [2.45, 2.75) is 51.6 Å². The van der Waals surface area contributed by atoms with Gasteiger partial charge in [-0.25, -0.2) is 14.2 Å². The van der Waals surface area contributed by atoms with Crippen molar-refractivity contribution < 1.29 is 13.9 Å². The van der Waals surface area contributed by atoms with E-state index in [9.17, 15) is 18.8 Å². The highest BCUT2D eigenvalue weighted by Crippen LogP contribution is 2.32. The Morgan fingerprint density at radius 1 is 1.29 bits per heavy atom. The number of imidazole rings is 1. The number of fused-ring (bicyclic) bond motifs is 1. The molecule has 0 atom stereocenters. The summed E-state index contributed by atoms with van der Waals surface area (Å²) in [4.78, 5) is 44.6. The molecule has 1 aromatic carbocycles. The minimum atomic E-state index is -0.491. The van der Waals surface area contributed by atoms with Gasteiger partial charge in [-0.2, -0.15) is 0 Å². The molecule has 160 valence electrons. The number of aromatic amines is 1. The van der Waals surface area contributed by atoms with E-state index >= 15 is 0 Å². The number of halogens is 1. The smallest absolute Gasteiger partial charge is 0.333 e. The first-order valence-corrected chi connectivity index (χ1v) is 10.2. The molecule has 1 saturated carbocycles. The Kier molecular flexibility index (Phi) is 5.71. The molecule has 0 bridgehead atoms. The van der Waals surface area contributed by atoms with Crippen LogP contribution in [-0.2, 0) is 11.3 Å². The van der Waals surface area contributed by atoms with Crippen molar-refractivity contribution in [3.63, 3.8) is 0 Å². The molecule has 3 aromatic rings. The van der Waals surface area contributed by atoms with Crippen molar-refractivity contribution in [1.82, 2.24) is 19.1 Å². The van der Waals surface area contributed by atoms with Crippen LogP contribution < -0.4 is 16.0 Å². The van der Waals surface area contributed by atoms with Crippen LogP contribution in [0, 0.1) is 17.7 Å². The number of carbonyl (C=O) groups is 1. The van der Waals surface area contributed by atoms with Gasteiger partial charge < -0.3 is 9.72 Å². The Morgan fingerprint density at radius 2 is 2.03 bits per heavy atom. The molecule has 0 spiro atoms. The Labute approximate surface area is 176 Å². The Hall–Kier alpha value is -3.67. The van der Waals surface area contributed by atoms with Crippen LogP contribution in [-0.4, -0.2) is 25.1 Å². The maximum Gasteiger partial charge on any atom is 0.333 e. The molecule has 0 radical (unpaired) electrons. The van der Waals surface area contributed by atoms with Gasteiger partial charge in [0.15, 0.2) is 17.0 Å². The second-order valence-electron chi connectivity index (χ2n) is 7.35. The van der Waals surface area contributed by atoms with Crippen molar-refractivity contribution >= 4 is 17.1 Å². The van der Waals surface area contributed by atoms with Gasteiger partial charge in [0, 0.05) is 19.0 Å². The highest BCUT2D eigenvalue weighted by atomic mass is 19.1. The number of nitrogens with zero attached hydrogens (tertiary/aromatic N) is 3. The topological polar surface area (TPSA) is 99.0 Å². The van der Waals surface area contributed by atoms with Crippen molar-refractivity contribution in [2.75, 3.05) is 0 Å². The average molecular weight is 424 g/mol. The minimum Gasteiger partial charge on any atom is -0.427 e. The molecule has 2 aromatic heterocycles. The van der Waals surface area contributed by atoms with E-state index in [0.29, 0.717) is 12.2 Å². The zero-order chi connectivity index (χ0) is 22.0. The van der Waals surface area contributed by atoms with Crippen molar-refractivity contribution in [3.8, 4) is 17.6 Å². The summed E-state index contributed by atoms with van der Waals surface area (Å²) in [5, 5.41) is 0. The Bertz CT molecular complexity index is 1300. The number of aryl methyl sites for hydroxylation is 1. The first-order chi connectivity index (χ1) is 15.0. The molecule has 0 aliphatic heterocycles. The van der Waals surface area contributed by atoms with Crippen molar-refractivity contribution in [1.29, 1.82) is 0 Å². The van der Waals surface area contributed by atoms with Gasteiger partial charge in [0.25, 0.3) is 5.56 Å². The first-order valence-electron chi connectivity index (χ1n) is 10.2. The number of hydrogen-bond donors (Lipinski definition) is 1. The number of nitrogens with one attached hydrogen (secondary N) is 1. The molecule has 4 rings (SSSR count). The molecule has 9 heteroatoms. The standard InChI is InChI=1S/C22H21FN4O4/c1-2-13-26-20-19(21(29)27(22(26)30)15-9-10-15)24-17(25-20)5-3-4-6-18(28)31-16-11-7-14(23)8-12-16/h7-8,11-12,15H,2,4,6,9-10,13H2,1H3,(H,24,25). The van der Waals surface area contributed by atoms with Crippen LogP contribution in [0.3, 0.4) is 0 Å². The molecule has 0 amide bonds. The first kappa shape index (κ1) is 20.6. The van der Waals surface area contributed by atoms with Crippen LogP contribution in [0.1, 0.15) is 50.9 Å². The normalized spacial score (nSPS) is 13.1. The number of H-pyrrole nitrogens is 1. The van der Waals surface area contributed by atoms with E-state index in [-0.39, 0.29) is 47.2 Å². The zero-order valence-electron chi connectivity index (χ0n) is 17.0. The molecular formula is C22H21FN4O4. The van der Waals surface area contributed by atoms with E-state index in [1.54, 1.807) is 0 Å². The lowest BCUT2D eigenvalue weighted by atomic mass is 10.3. The molecule has 1 aliphatic carbocycles. The summed E-state index contributed by atoms with van der Waals surface area (Å²) in [6, 6.07) is 5.12. The number of carbonyl (C=O) groups excluding carboxylic acids is 1. The lowest BCUT2D eigenvalue weighted by molar-refractivity contribution is -0.134. The number of hydrogen-bond acceptors (Lipinski definition) is 5. The van der Waals surface area contributed by atoms with Crippen LogP contribution in [0.5, 0.6) is 5.75 Å². The van der Waals surface area contributed by atoms with Gasteiger partial charge in [-0.3, -0.25) is 18.7 Å². The van der Waals surface area contributed by atoms with E-state index in [1.807, 2.05) is 6.92 Å². The molecule has 1 fully saturated rings. The number of benzene rings is 1. The van der Waals surface area contributed by atoms with Crippen LogP contribution in [0.2, 0.25) is 0 Å². The summed E-state index contributed by atoms with van der Waals surface area (Å²) in [6.45, 7) is 2.40. The third-order valence-electron chi connectivity index (χ3n) is 4.88. The van der Waals surface area contributed by atoms with Crippen molar-refractivity contribution in [2.24, 2.45) is 0 Å². The fourth-order valence-electron chi connectivity index (χ4n) is 3.27. The third kappa shape index (κ3) is 4.43. The lowest BCUT2D eigenvalue weighted by Crippen LogP contribution is -2.39. The highest BCUT2D eigenvalue weighted by molar-refractivity contribution is 5.73. The van der Waals surface area contributed by atoms with E-state index in [4.69, 9.17) is 4.74 Å². The number of ether oxygens (including phenoxy) is 1. The van der Waals surface area contributed by atoms with Gasteiger partial charge in [-0.1, -0.05) is 12.8 Å². The highest BCUT2D eigenvalue weighted by Gasteiger charge is 2.29. The maximum atomic E-state index is 12.9. The molecule has 1 aliphatic rings. The predicted octanol–water partition coefficient (Wildman–Crippen LogP) is 2.51. The third-order valence-corrected chi connectivity index (χ3v) is 4.88. The summed E-state index contributed by atoms with van der Waals surface area (Å²) in [5.41, 5.74) is -0.150. The van der Waals surface area contributed by atoms with E-state index in [1.165, 1.54) is 33.4 Å². The number of aromatic nitrogens is 4. The molecule has 0 saturated heterocycles. The zero-order valence-corrected chi connectivity index (χ0v) is 17.0. The van der Waals surface area contributed by atoms with Gasteiger partial charge >= 0.3 is 11.7 Å². The summed E-state index contributed by atoms with van der Waals surface area (Å²) in [7, 11) is 0. The van der Waals surface area contributed by atoms with E-state index < -0.39 is 11.8 Å². The minimum absolute atomic E-state index is 0.0413. The average Bonchev–Trinajstić information content (AvgIpc) is 3.48. The van der Waals surface area contributed by atoms with E-state index in [0.717, 1.165) is 19.3 Å². The predicted molar refractivity (Wildman–Crippen MR) is 111 cm³/mol. The van der Waals surface area contributed by atoms with Gasteiger partial charge in [-0.15, -0.1) is 0 Å². The molecule has 0 unspecified atom stereocenters. The molecule has 1 N–H and O–H groups in total. The fourth-order valence-corrected chi connectivity index (χ4v) is 3.27. The molecule has 2 heterocycles. The van der Waals surface area contributed by atoms with Gasteiger partial charge in [0.1, 0.15) is 11.6 Å². The second kappa shape index (κ2) is 8.60. The van der Waals surface area contributed by atoms with Crippen LogP contribution in [0.25, 0.3) is 11.2 Å². The molecule has 8 nitrogen and oxygen atoms in total. The Balaban J connectivity index is 1.50. The fraction of sp³-hybridized carbons (Fsp3) is 0.364. The van der Waals surface area contributed by atoms with E-state index in [2.05, 4.69) is 21.8 Å². The van der Waals surface area contributed by atoms with Gasteiger partial charge in [0.05, 0.1) is 6.42 Å². The quantitative estimate of drug-likeness (QED) is 0.372. The summed E-state index contributed by atoms with van der Waals surface area (Å²) in [5.74, 6) is 5.25. The maximum absolute atomic E-state index is 12.9. The molecular weight excluding hydrogens is 403 g/mol. The number of esters is 1. The van der Waals surface area contributed by atoms with Crippen LogP contribution in [0.4, 0.5) is 4.39 Å². The summed E-state index contributed by atoms with van der Waals surface area (Å²) in [6.07, 6.45) is 2.62.